The lowest BCUT2D eigenvalue weighted by atomic mass is 10.2. The number of likely N-dealkylation sites (N-methyl/N-ethyl adjacent to an activating group) is 1. The Hall–Kier alpha value is -2.25. The molecule has 0 aliphatic rings. The van der Waals surface area contributed by atoms with Crippen molar-refractivity contribution in [1.29, 1.82) is 0 Å². The number of thiocarbonyl (C=S) groups is 1. The molecule has 0 saturated heterocycles. The van der Waals surface area contributed by atoms with Crippen molar-refractivity contribution in [3.63, 3.8) is 0 Å². The average Bonchev–Trinajstić information content (AvgIpc) is 2.54. The van der Waals surface area contributed by atoms with Gasteiger partial charge >= 0.3 is 0 Å². The lowest BCUT2D eigenvalue weighted by Crippen LogP contribution is -2.49. The standard InChI is InChI=1S/C15H18N6S/c1-12(14-11-17-8-9-19-14)20-21(2,15(16)22)10-6-13-5-3-4-7-18-13/h3-5,7-9,11H,6,10H2,1-2H3,(H-,16,22)/p+1/b20-12+. The van der Waals surface area contributed by atoms with E-state index >= 15 is 0 Å². The van der Waals surface area contributed by atoms with E-state index in [9.17, 15) is 0 Å². The van der Waals surface area contributed by atoms with E-state index in [2.05, 4.69) is 20.1 Å². The van der Waals surface area contributed by atoms with Gasteiger partial charge in [-0.15, -0.1) is 4.59 Å². The van der Waals surface area contributed by atoms with Crippen LogP contribution in [0.25, 0.3) is 0 Å². The van der Waals surface area contributed by atoms with Crippen LogP contribution in [-0.4, -0.2) is 44.0 Å². The van der Waals surface area contributed by atoms with Crippen molar-refractivity contribution in [2.75, 3.05) is 13.6 Å². The maximum absolute atomic E-state index is 5.90. The lowest BCUT2D eigenvalue weighted by molar-refractivity contribution is -0.826. The number of pyridine rings is 1. The Morgan fingerprint density at radius 2 is 2.09 bits per heavy atom. The normalized spacial score (nSPS) is 14.4. The van der Waals surface area contributed by atoms with Gasteiger partial charge in [0.1, 0.15) is 25.0 Å². The molecule has 1 unspecified atom stereocenters. The Bertz CT molecular complexity index is 658. The molecule has 2 aromatic rings. The molecule has 2 aromatic heterocycles. The van der Waals surface area contributed by atoms with Crippen molar-refractivity contribution in [3.8, 4) is 0 Å². The molecule has 6 nitrogen and oxygen atoms in total. The highest BCUT2D eigenvalue weighted by molar-refractivity contribution is 7.79. The van der Waals surface area contributed by atoms with Crippen LogP contribution in [0.4, 0.5) is 0 Å². The molecular formula is C15H19N6S+. The Labute approximate surface area is 135 Å². The summed E-state index contributed by atoms with van der Waals surface area (Å²) in [6.45, 7) is 2.50. The summed E-state index contributed by atoms with van der Waals surface area (Å²) in [5.74, 6) is 0. The zero-order valence-electron chi connectivity index (χ0n) is 12.7. The fourth-order valence-corrected chi connectivity index (χ4v) is 2.09. The summed E-state index contributed by atoms with van der Waals surface area (Å²) in [6, 6.07) is 5.83. The van der Waals surface area contributed by atoms with E-state index in [1.807, 2.05) is 32.2 Å². The third-order valence-corrected chi connectivity index (χ3v) is 3.70. The second-order valence-corrected chi connectivity index (χ2v) is 5.47. The molecule has 2 rings (SSSR count). The van der Waals surface area contributed by atoms with Gasteiger partial charge < -0.3 is 5.73 Å². The number of aromatic nitrogens is 3. The van der Waals surface area contributed by atoms with Crippen molar-refractivity contribution in [2.24, 2.45) is 10.8 Å². The van der Waals surface area contributed by atoms with Crippen LogP contribution in [-0.2, 0) is 6.42 Å². The maximum Gasteiger partial charge on any atom is 0.293 e. The summed E-state index contributed by atoms with van der Waals surface area (Å²) in [6.07, 6.45) is 7.43. The van der Waals surface area contributed by atoms with Crippen LogP contribution in [0.2, 0.25) is 0 Å². The molecular weight excluding hydrogens is 296 g/mol. The topological polar surface area (TPSA) is 77.0 Å². The number of rotatable bonds is 5. The molecule has 2 heterocycles. The van der Waals surface area contributed by atoms with Crippen LogP contribution in [0.3, 0.4) is 0 Å². The second kappa shape index (κ2) is 7.15. The largest absolute Gasteiger partial charge is 0.343 e. The van der Waals surface area contributed by atoms with Crippen molar-refractivity contribution in [1.82, 2.24) is 15.0 Å². The van der Waals surface area contributed by atoms with Crippen molar-refractivity contribution in [3.05, 3.63) is 54.4 Å². The third-order valence-electron chi connectivity index (χ3n) is 3.31. The van der Waals surface area contributed by atoms with Crippen molar-refractivity contribution in [2.45, 2.75) is 13.3 Å². The number of quaternary nitrogens is 1. The van der Waals surface area contributed by atoms with Gasteiger partial charge in [0.2, 0.25) is 0 Å². The smallest absolute Gasteiger partial charge is 0.293 e. The summed E-state index contributed by atoms with van der Waals surface area (Å²) in [4.78, 5) is 12.6. The van der Waals surface area contributed by atoms with E-state index in [1.54, 1.807) is 24.8 Å². The molecule has 2 N–H and O–H groups in total. The second-order valence-electron chi connectivity index (χ2n) is 5.05. The monoisotopic (exact) mass is 315 g/mol. The highest BCUT2D eigenvalue weighted by Gasteiger charge is 2.27. The first-order chi connectivity index (χ1) is 10.5. The highest BCUT2D eigenvalue weighted by atomic mass is 32.1. The summed E-state index contributed by atoms with van der Waals surface area (Å²) in [5, 5.41) is 4.96. The van der Waals surface area contributed by atoms with Crippen LogP contribution in [0.1, 0.15) is 18.3 Å². The van der Waals surface area contributed by atoms with Gasteiger partial charge in [0.15, 0.2) is 0 Å². The molecule has 0 saturated carbocycles. The minimum absolute atomic E-state index is 0.105. The fourth-order valence-electron chi connectivity index (χ4n) is 1.96. The quantitative estimate of drug-likeness (QED) is 0.392. The van der Waals surface area contributed by atoms with Gasteiger partial charge in [-0.3, -0.25) is 15.0 Å². The average molecular weight is 315 g/mol. The molecule has 0 aliphatic carbocycles. The SMILES string of the molecule is C/C(=N\[N+](C)(CCc1ccccn1)C(N)=S)c1cnccn1. The Morgan fingerprint density at radius 1 is 1.27 bits per heavy atom. The molecule has 7 heteroatoms. The van der Waals surface area contributed by atoms with E-state index in [0.717, 1.165) is 17.8 Å². The van der Waals surface area contributed by atoms with Crippen molar-refractivity contribution >= 4 is 23.0 Å². The molecule has 1 atom stereocenters. The van der Waals surface area contributed by atoms with Gasteiger partial charge in [0.05, 0.1) is 6.20 Å². The summed E-state index contributed by atoms with van der Waals surface area (Å²) in [7, 11) is 1.88. The van der Waals surface area contributed by atoms with Gasteiger partial charge in [-0.25, -0.2) is 0 Å². The van der Waals surface area contributed by atoms with E-state index in [0.29, 0.717) is 17.4 Å². The molecule has 0 bridgehead atoms. The zero-order chi connectivity index (χ0) is 16.0. The minimum Gasteiger partial charge on any atom is -0.343 e. The zero-order valence-corrected chi connectivity index (χ0v) is 13.5. The number of hydrogen-bond donors (Lipinski definition) is 1. The van der Waals surface area contributed by atoms with Gasteiger partial charge in [0.25, 0.3) is 5.11 Å². The summed E-state index contributed by atoms with van der Waals surface area (Å²) >= 11 is 5.20. The maximum atomic E-state index is 5.90. The molecule has 0 aliphatic heterocycles. The van der Waals surface area contributed by atoms with Gasteiger partial charge in [-0.2, -0.15) is 0 Å². The van der Waals surface area contributed by atoms with Crippen LogP contribution in [0, 0.1) is 0 Å². The number of nitrogens with zero attached hydrogens (tertiary/aromatic N) is 5. The first-order valence-electron chi connectivity index (χ1n) is 6.90. The van der Waals surface area contributed by atoms with E-state index in [1.165, 1.54) is 0 Å². The predicted molar refractivity (Wildman–Crippen MR) is 90.0 cm³/mol. The number of nitrogens with two attached hydrogens (primary N) is 1. The molecule has 0 fully saturated rings. The summed E-state index contributed by atoms with van der Waals surface area (Å²) in [5.41, 5.74) is 8.33. The number of hydrogen-bond acceptors (Lipinski definition) is 5. The van der Waals surface area contributed by atoms with Gasteiger partial charge in [-0.1, -0.05) is 11.2 Å². The molecule has 0 spiro atoms. The van der Waals surface area contributed by atoms with Crippen molar-refractivity contribution < 1.29 is 4.59 Å². The van der Waals surface area contributed by atoms with E-state index in [4.69, 9.17) is 18.0 Å². The van der Waals surface area contributed by atoms with Crippen LogP contribution in [0.5, 0.6) is 0 Å². The first-order valence-corrected chi connectivity index (χ1v) is 7.31. The third kappa shape index (κ3) is 4.12. The molecule has 0 amide bonds. The van der Waals surface area contributed by atoms with Gasteiger partial charge in [0, 0.05) is 42.9 Å². The Balaban J connectivity index is 2.19. The summed E-state index contributed by atoms with van der Waals surface area (Å²) < 4.78 is 0.105. The molecule has 22 heavy (non-hydrogen) atoms. The molecule has 0 aromatic carbocycles. The van der Waals surface area contributed by atoms with E-state index < -0.39 is 0 Å². The predicted octanol–water partition coefficient (Wildman–Crippen LogP) is 1.53. The van der Waals surface area contributed by atoms with Gasteiger partial charge in [-0.05, 0) is 19.1 Å². The highest BCUT2D eigenvalue weighted by Crippen LogP contribution is 2.10. The lowest BCUT2D eigenvalue weighted by Gasteiger charge is -2.25. The molecule has 114 valence electrons. The van der Waals surface area contributed by atoms with Crippen LogP contribution < -0.4 is 5.73 Å². The van der Waals surface area contributed by atoms with E-state index in [-0.39, 0.29) is 4.59 Å². The first kappa shape index (κ1) is 16.1. The minimum atomic E-state index is 0.105. The Kier molecular flexibility index (Phi) is 5.24. The van der Waals surface area contributed by atoms with Crippen LogP contribution in [0.15, 0.2) is 48.1 Å². The fraction of sp³-hybridized carbons (Fsp3) is 0.267. The Morgan fingerprint density at radius 3 is 2.68 bits per heavy atom. The van der Waals surface area contributed by atoms with Crippen LogP contribution >= 0.6 is 12.2 Å². The molecule has 0 radical (unpaired) electrons.